The number of hydrogen-bond acceptors (Lipinski definition) is 4. The zero-order chi connectivity index (χ0) is 11.4. The first-order chi connectivity index (χ1) is 7.85. The van der Waals surface area contributed by atoms with Crippen LogP contribution in [0.4, 0.5) is 0 Å². The van der Waals surface area contributed by atoms with Gasteiger partial charge >= 0.3 is 0 Å². The number of nitrogens with one attached hydrogen (secondary N) is 1. The van der Waals surface area contributed by atoms with Gasteiger partial charge in [-0.15, -0.1) is 0 Å². The highest BCUT2D eigenvalue weighted by Crippen LogP contribution is 2.28. The van der Waals surface area contributed by atoms with E-state index in [9.17, 15) is 0 Å². The number of aliphatic hydroxyl groups excluding tert-OH is 1. The van der Waals surface area contributed by atoms with Gasteiger partial charge in [0.1, 0.15) is 5.76 Å². The molecule has 0 bridgehead atoms. The summed E-state index contributed by atoms with van der Waals surface area (Å²) in [7, 11) is 1.63. The third-order valence-corrected chi connectivity index (χ3v) is 2.37. The topological polar surface area (TPSA) is 54.6 Å². The summed E-state index contributed by atoms with van der Waals surface area (Å²) in [5, 5.41) is 12.7. The van der Waals surface area contributed by atoms with Crippen molar-refractivity contribution in [3.05, 3.63) is 30.0 Å². The Kier molecular flexibility index (Phi) is 3.44. The molecule has 0 fully saturated rings. The van der Waals surface area contributed by atoms with Crippen LogP contribution >= 0.6 is 0 Å². The van der Waals surface area contributed by atoms with Crippen LogP contribution < -0.4 is 10.1 Å². The molecular formula is C12H15NO3. The Morgan fingerprint density at radius 2 is 2.31 bits per heavy atom. The van der Waals surface area contributed by atoms with Crippen molar-refractivity contribution in [2.75, 3.05) is 20.3 Å². The summed E-state index contributed by atoms with van der Waals surface area (Å²) < 4.78 is 10.9. The number of benzene rings is 1. The minimum absolute atomic E-state index is 0.129. The molecule has 0 atom stereocenters. The lowest BCUT2D eigenvalue weighted by Crippen LogP contribution is -2.16. The van der Waals surface area contributed by atoms with Crippen LogP contribution in [-0.2, 0) is 6.54 Å². The molecule has 4 heteroatoms. The Hall–Kier alpha value is -1.52. The summed E-state index contributed by atoms with van der Waals surface area (Å²) in [6.45, 7) is 1.30. The molecule has 2 rings (SSSR count). The normalized spacial score (nSPS) is 10.9. The molecule has 0 spiro atoms. The molecule has 0 saturated carbocycles. The van der Waals surface area contributed by atoms with E-state index >= 15 is 0 Å². The number of methoxy groups -OCH3 is 1. The van der Waals surface area contributed by atoms with Crippen molar-refractivity contribution in [3.8, 4) is 5.75 Å². The van der Waals surface area contributed by atoms with E-state index in [1.807, 2.05) is 24.3 Å². The van der Waals surface area contributed by atoms with Crippen molar-refractivity contribution in [1.82, 2.24) is 5.32 Å². The number of aliphatic hydroxyl groups is 1. The van der Waals surface area contributed by atoms with Crippen molar-refractivity contribution < 1.29 is 14.3 Å². The molecule has 16 heavy (non-hydrogen) atoms. The molecule has 1 aromatic carbocycles. The molecular weight excluding hydrogens is 206 g/mol. The highest BCUT2D eigenvalue weighted by Gasteiger charge is 2.07. The monoisotopic (exact) mass is 221 g/mol. The molecule has 2 N–H and O–H groups in total. The average molecular weight is 221 g/mol. The predicted octanol–water partition coefficient (Wildman–Crippen LogP) is 1.52. The SMILES string of the molecule is COc1cccc2cc(CNCCO)oc12. The van der Waals surface area contributed by atoms with E-state index < -0.39 is 0 Å². The minimum atomic E-state index is 0.129. The van der Waals surface area contributed by atoms with Gasteiger partial charge < -0.3 is 19.6 Å². The molecule has 0 unspecified atom stereocenters. The van der Waals surface area contributed by atoms with Crippen molar-refractivity contribution >= 4 is 11.0 Å². The Morgan fingerprint density at radius 1 is 1.44 bits per heavy atom. The summed E-state index contributed by atoms with van der Waals surface area (Å²) in [5.74, 6) is 1.58. The van der Waals surface area contributed by atoms with E-state index in [0.717, 1.165) is 22.5 Å². The van der Waals surface area contributed by atoms with Gasteiger partial charge in [0.15, 0.2) is 11.3 Å². The fourth-order valence-electron chi connectivity index (χ4n) is 1.63. The van der Waals surface area contributed by atoms with E-state index in [1.165, 1.54) is 0 Å². The van der Waals surface area contributed by atoms with Crippen LogP contribution in [0.5, 0.6) is 5.75 Å². The summed E-state index contributed by atoms with van der Waals surface area (Å²) in [6.07, 6.45) is 0. The second-order valence-electron chi connectivity index (χ2n) is 3.49. The number of ether oxygens (including phenoxy) is 1. The molecule has 1 aromatic heterocycles. The first kappa shape index (κ1) is 11.0. The van der Waals surface area contributed by atoms with Gasteiger partial charge in [0.2, 0.25) is 0 Å². The molecule has 0 aliphatic heterocycles. The molecule has 0 radical (unpaired) electrons. The largest absolute Gasteiger partial charge is 0.493 e. The van der Waals surface area contributed by atoms with Gasteiger partial charge in [0, 0.05) is 11.9 Å². The number of para-hydroxylation sites is 1. The van der Waals surface area contributed by atoms with Crippen molar-refractivity contribution in [3.63, 3.8) is 0 Å². The van der Waals surface area contributed by atoms with Gasteiger partial charge in [0.05, 0.1) is 20.3 Å². The number of rotatable bonds is 5. The fraction of sp³-hybridized carbons (Fsp3) is 0.333. The Bertz CT molecular complexity index is 464. The van der Waals surface area contributed by atoms with Gasteiger partial charge in [0.25, 0.3) is 0 Å². The lowest BCUT2D eigenvalue weighted by molar-refractivity contribution is 0.290. The highest BCUT2D eigenvalue weighted by molar-refractivity contribution is 5.83. The maximum absolute atomic E-state index is 8.65. The summed E-state index contributed by atoms with van der Waals surface area (Å²) in [5.41, 5.74) is 0.769. The van der Waals surface area contributed by atoms with Crippen molar-refractivity contribution in [1.29, 1.82) is 0 Å². The minimum Gasteiger partial charge on any atom is -0.493 e. The van der Waals surface area contributed by atoms with Gasteiger partial charge in [-0.2, -0.15) is 0 Å². The summed E-state index contributed by atoms with van der Waals surface area (Å²) in [4.78, 5) is 0. The highest BCUT2D eigenvalue weighted by atomic mass is 16.5. The fourth-order valence-corrected chi connectivity index (χ4v) is 1.63. The van der Waals surface area contributed by atoms with Crippen LogP contribution in [0.3, 0.4) is 0 Å². The van der Waals surface area contributed by atoms with Crippen molar-refractivity contribution in [2.45, 2.75) is 6.54 Å². The Balaban J connectivity index is 2.22. The number of furan rings is 1. The lowest BCUT2D eigenvalue weighted by atomic mass is 10.2. The number of hydrogen-bond donors (Lipinski definition) is 2. The van der Waals surface area contributed by atoms with E-state index in [-0.39, 0.29) is 6.61 Å². The van der Waals surface area contributed by atoms with Crippen LogP contribution in [0.15, 0.2) is 28.7 Å². The standard InChI is InChI=1S/C12H15NO3/c1-15-11-4-2-3-9-7-10(16-12(9)11)8-13-5-6-14/h2-4,7,13-14H,5-6,8H2,1H3. The third-order valence-electron chi connectivity index (χ3n) is 2.37. The smallest absolute Gasteiger partial charge is 0.176 e. The average Bonchev–Trinajstić information content (AvgIpc) is 2.71. The van der Waals surface area contributed by atoms with Crippen LogP contribution in [0.2, 0.25) is 0 Å². The zero-order valence-corrected chi connectivity index (χ0v) is 9.19. The van der Waals surface area contributed by atoms with Gasteiger partial charge in [-0.3, -0.25) is 0 Å². The second-order valence-corrected chi connectivity index (χ2v) is 3.49. The molecule has 2 aromatic rings. The first-order valence-electron chi connectivity index (χ1n) is 5.22. The van der Waals surface area contributed by atoms with Crippen LogP contribution in [0.25, 0.3) is 11.0 Å². The van der Waals surface area contributed by atoms with Crippen LogP contribution in [0, 0.1) is 0 Å². The molecule has 0 aliphatic rings. The van der Waals surface area contributed by atoms with Gasteiger partial charge in [-0.05, 0) is 12.1 Å². The zero-order valence-electron chi connectivity index (χ0n) is 9.19. The maximum Gasteiger partial charge on any atom is 0.176 e. The summed E-state index contributed by atoms with van der Waals surface area (Å²) in [6, 6.07) is 7.76. The molecule has 1 heterocycles. The predicted molar refractivity (Wildman–Crippen MR) is 61.6 cm³/mol. The van der Waals surface area contributed by atoms with Gasteiger partial charge in [-0.1, -0.05) is 12.1 Å². The molecule has 0 aliphatic carbocycles. The van der Waals surface area contributed by atoms with Gasteiger partial charge in [-0.25, -0.2) is 0 Å². The van der Waals surface area contributed by atoms with Crippen molar-refractivity contribution in [2.24, 2.45) is 0 Å². The van der Waals surface area contributed by atoms with E-state index in [0.29, 0.717) is 13.1 Å². The summed E-state index contributed by atoms with van der Waals surface area (Å²) >= 11 is 0. The van der Waals surface area contributed by atoms with E-state index in [2.05, 4.69) is 5.32 Å². The Labute approximate surface area is 93.8 Å². The van der Waals surface area contributed by atoms with Crippen LogP contribution in [0.1, 0.15) is 5.76 Å². The van der Waals surface area contributed by atoms with E-state index in [1.54, 1.807) is 7.11 Å². The maximum atomic E-state index is 8.65. The molecule has 86 valence electrons. The number of fused-ring (bicyclic) bond motifs is 1. The first-order valence-corrected chi connectivity index (χ1v) is 5.22. The quantitative estimate of drug-likeness (QED) is 0.752. The molecule has 0 amide bonds. The molecule has 0 saturated heterocycles. The van der Waals surface area contributed by atoms with E-state index in [4.69, 9.17) is 14.3 Å². The lowest BCUT2D eigenvalue weighted by Gasteiger charge is -1.99. The molecule has 4 nitrogen and oxygen atoms in total. The third kappa shape index (κ3) is 2.18. The second kappa shape index (κ2) is 5.01. The van der Waals surface area contributed by atoms with Crippen LogP contribution in [-0.4, -0.2) is 25.4 Å². The Morgan fingerprint density at radius 3 is 3.06 bits per heavy atom.